The molecule has 0 radical (unpaired) electrons. The van der Waals surface area contributed by atoms with Crippen molar-refractivity contribution in [2.45, 2.75) is 18.9 Å². The highest BCUT2D eigenvalue weighted by molar-refractivity contribution is 6.30. The van der Waals surface area contributed by atoms with Gasteiger partial charge in [-0.1, -0.05) is 17.7 Å². The quantitative estimate of drug-likeness (QED) is 0.806. The topological polar surface area (TPSA) is 47.3 Å². The van der Waals surface area contributed by atoms with Crippen LogP contribution < -0.4 is 11.1 Å². The van der Waals surface area contributed by atoms with Crippen molar-refractivity contribution in [3.05, 3.63) is 29.3 Å². The van der Waals surface area contributed by atoms with Crippen LogP contribution in [0.15, 0.2) is 24.3 Å². The maximum atomic E-state index is 5.93. The first-order valence-electron chi connectivity index (χ1n) is 5.32. The number of hydrogen-bond donors (Lipinski definition) is 2. The Bertz CT molecular complexity index is 333. The lowest BCUT2D eigenvalue weighted by Crippen LogP contribution is -2.43. The molecule has 16 heavy (non-hydrogen) atoms. The molecule has 0 aliphatic carbocycles. The van der Waals surface area contributed by atoms with Crippen molar-refractivity contribution in [1.82, 2.24) is 0 Å². The normalized spacial score (nSPS) is 14.5. The van der Waals surface area contributed by atoms with Crippen molar-refractivity contribution in [1.29, 1.82) is 0 Å². The van der Waals surface area contributed by atoms with Gasteiger partial charge in [0.15, 0.2) is 0 Å². The molecule has 0 aromatic heterocycles. The molecule has 0 aliphatic heterocycles. The lowest BCUT2D eigenvalue weighted by Gasteiger charge is -2.30. The molecule has 1 unspecified atom stereocenters. The smallest absolute Gasteiger partial charge is 0.0489 e. The molecule has 1 rings (SSSR count). The van der Waals surface area contributed by atoms with E-state index in [9.17, 15) is 0 Å². The van der Waals surface area contributed by atoms with E-state index in [1.807, 2.05) is 24.3 Å². The molecule has 0 spiro atoms. The Balaban J connectivity index is 2.68. The zero-order valence-electron chi connectivity index (χ0n) is 9.79. The first-order valence-corrected chi connectivity index (χ1v) is 5.70. The third-order valence-electron chi connectivity index (χ3n) is 2.58. The van der Waals surface area contributed by atoms with Gasteiger partial charge in [0.05, 0.1) is 0 Å². The fourth-order valence-electron chi connectivity index (χ4n) is 1.46. The molecule has 0 bridgehead atoms. The summed E-state index contributed by atoms with van der Waals surface area (Å²) in [6, 6.07) is 7.63. The molecule has 90 valence electrons. The Labute approximate surface area is 102 Å². The van der Waals surface area contributed by atoms with E-state index in [4.69, 9.17) is 22.1 Å². The molecule has 0 saturated heterocycles. The fraction of sp³-hybridized carbons (Fsp3) is 0.500. The molecular formula is C12H19ClN2O. The van der Waals surface area contributed by atoms with E-state index in [1.54, 1.807) is 7.11 Å². The molecule has 1 atom stereocenters. The standard InChI is InChI=1S/C12H19ClN2O/c1-12(9-14,6-7-16-2)15-11-5-3-4-10(13)8-11/h3-5,8,15H,6-7,9,14H2,1-2H3. The Hall–Kier alpha value is -0.770. The molecule has 0 fully saturated rings. The van der Waals surface area contributed by atoms with E-state index >= 15 is 0 Å². The number of anilines is 1. The third-order valence-corrected chi connectivity index (χ3v) is 2.81. The second-order valence-electron chi connectivity index (χ2n) is 4.14. The van der Waals surface area contributed by atoms with Crippen molar-refractivity contribution in [2.24, 2.45) is 5.73 Å². The summed E-state index contributed by atoms with van der Waals surface area (Å²) in [5.41, 5.74) is 6.60. The molecule has 0 saturated carbocycles. The highest BCUT2D eigenvalue weighted by Crippen LogP contribution is 2.20. The van der Waals surface area contributed by atoms with E-state index in [0.717, 1.165) is 17.1 Å². The van der Waals surface area contributed by atoms with Gasteiger partial charge < -0.3 is 15.8 Å². The molecule has 1 aromatic rings. The number of hydrogen-bond acceptors (Lipinski definition) is 3. The van der Waals surface area contributed by atoms with Crippen molar-refractivity contribution in [2.75, 3.05) is 25.6 Å². The van der Waals surface area contributed by atoms with Crippen LogP contribution in [0.1, 0.15) is 13.3 Å². The second-order valence-corrected chi connectivity index (χ2v) is 4.58. The monoisotopic (exact) mass is 242 g/mol. The minimum absolute atomic E-state index is 0.166. The van der Waals surface area contributed by atoms with Gasteiger partial charge in [-0.15, -0.1) is 0 Å². The van der Waals surface area contributed by atoms with Gasteiger partial charge >= 0.3 is 0 Å². The molecule has 4 heteroatoms. The van der Waals surface area contributed by atoms with Crippen molar-refractivity contribution >= 4 is 17.3 Å². The van der Waals surface area contributed by atoms with Gasteiger partial charge in [-0.05, 0) is 31.5 Å². The molecule has 3 nitrogen and oxygen atoms in total. The largest absolute Gasteiger partial charge is 0.385 e. The first-order chi connectivity index (χ1) is 7.59. The van der Waals surface area contributed by atoms with Gasteiger partial charge in [0.1, 0.15) is 0 Å². The number of nitrogens with two attached hydrogens (primary N) is 1. The van der Waals surface area contributed by atoms with E-state index in [2.05, 4.69) is 12.2 Å². The van der Waals surface area contributed by atoms with Crippen LogP contribution in [0.4, 0.5) is 5.69 Å². The van der Waals surface area contributed by atoms with Gasteiger partial charge in [0, 0.05) is 36.5 Å². The third kappa shape index (κ3) is 4.00. The predicted molar refractivity (Wildman–Crippen MR) is 69.0 cm³/mol. The second kappa shape index (κ2) is 6.09. The fourth-order valence-corrected chi connectivity index (χ4v) is 1.65. The molecule has 0 aliphatic rings. The summed E-state index contributed by atoms with van der Waals surface area (Å²) >= 11 is 5.93. The van der Waals surface area contributed by atoms with E-state index in [0.29, 0.717) is 13.2 Å². The number of benzene rings is 1. The highest BCUT2D eigenvalue weighted by atomic mass is 35.5. The summed E-state index contributed by atoms with van der Waals surface area (Å²) in [6.45, 7) is 3.30. The Morgan fingerprint density at radius 2 is 2.25 bits per heavy atom. The summed E-state index contributed by atoms with van der Waals surface area (Å²) < 4.78 is 5.08. The lowest BCUT2D eigenvalue weighted by molar-refractivity contribution is 0.177. The van der Waals surface area contributed by atoms with Crippen LogP contribution in [0.5, 0.6) is 0 Å². The number of nitrogens with one attached hydrogen (secondary N) is 1. The molecule has 3 N–H and O–H groups in total. The summed E-state index contributed by atoms with van der Waals surface area (Å²) in [5.74, 6) is 0. The maximum Gasteiger partial charge on any atom is 0.0489 e. The van der Waals surface area contributed by atoms with Crippen LogP contribution in [0, 0.1) is 0 Å². The van der Waals surface area contributed by atoms with Gasteiger partial charge in [-0.25, -0.2) is 0 Å². The molecule has 0 amide bonds. The number of halogens is 1. The van der Waals surface area contributed by atoms with Crippen LogP contribution >= 0.6 is 11.6 Å². The zero-order chi connectivity index (χ0) is 12.0. The SMILES string of the molecule is COCCC(C)(CN)Nc1cccc(Cl)c1. The van der Waals surface area contributed by atoms with E-state index in [1.165, 1.54) is 0 Å². The average Bonchev–Trinajstić information content (AvgIpc) is 2.26. The number of ether oxygens (including phenoxy) is 1. The number of methoxy groups -OCH3 is 1. The van der Waals surface area contributed by atoms with Crippen molar-refractivity contribution in [3.63, 3.8) is 0 Å². The van der Waals surface area contributed by atoms with Gasteiger partial charge in [0.2, 0.25) is 0 Å². The zero-order valence-corrected chi connectivity index (χ0v) is 10.6. The minimum atomic E-state index is -0.166. The minimum Gasteiger partial charge on any atom is -0.385 e. The molecule has 0 heterocycles. The lowest BCUT2D eigenvalue weighted by atomic mass is 9.98. The van der Waals surface area contributed by atoms with Gasteiger partial charge in [0.25, 0.3) is 0 Å². The predicted octanol–water partition coefficient (Wildman–Crippen LogP) is 2.51. The summed E-state index contributed by atoms with van der Waals surface area (Å²) in [4.78, 5) is 0. The van der Waals surface area contributed by atoms with E-state index in [-0.39, 0.29) is 5.54 Å². The van der Waals surface area contributed by atoms with Crippen LogP contribution in [0.3, 0.4) is 0 Å². The first kappa shape index (κ1) is 13.3. The van der Waals surface area contributed by atoms with Crippen LogP contribution in [0.2, 0.25) is 5.02 Å². The van der Waals surface area contributed by atoms with E-state index < -0.39 is 0 Å². The van der Waals surface area contributed by atoms with Crippen molar-refractivity contribution in [3.8, 4) is 0 Å². The number of rotatable bonds is 6. The molecular weight excluding hydrogens is 224 g/mol. The summed E-state index contributed by atoms with van der Waals surface area (Å²) in [5, 5.41) is 4.11. The Morgan fingerprint density at radius 3 is 2.81 bits per heavy atom. The van der Waals surface area contributed by atoms with Gasteiger partial charge in [-0.2, -0.15) is 0 Å². The van der Waals surface area contributed by atoms with Crippen LogP contribution in [0.25, 0.3) is 0 Å². The summed E-state index contributed by atoms with van der Waals surface area (Å²) in [6.07, 6.45) is 0.854. The average molecular weight is 243 g/mol. The Morgan fingerprint density at radius 1 is 1.50 bits per heavy atom. The molecule has 1 aromatic carbocycles. The van der Waals surface area contributed by atoms with Gasteiger partial charge in [-0.3, -0.25) is 0 Å². The highest BCUT2D eigenvalue weighted by Gasteiger charge is 2.21. The maximum absolute atomic E-state index is 5.93. The summed E-state index contributed by atoms with van der Waals surface area (Å²) in [7, 11) is 1.69. The van der Waals surface area contributed by atoms with Crippen molar-refractivity contribution < 1.29 is 4.74 Å². The van der Waals surface area contributed by atoms with Crippen LogP contribution in [-0.4, -0.2) is 25.8 Å². The van der Waals surface area contributed by atoms with Crippen LogP contribution in [-0.2, 0) is 4.74 Å². The Kier molecular flexibility index (Phi) is 5.06.